The molecule has 3 nitrogen and oxygen atoms in total. The first-order valence-corrected chi connectivity index (χ1v) is 9.24. The molecule has 22 heavy (non-hydrogen) atoms. The summed E-state index contributed by atoms with van der Waals surface area (Å²) in [4.78, 5) is 0. The Morgan fingerprint density at radius 3 is 2.64 bits per heavy atom. The normalized spacial score (nSPS) is 20.5. The Labute approximate surface area is 131 Å². The van der Waals surface area contributed by atoms with E-state index >= 15 is 0 Å². The molecule has 124 valence electrons. The van der Waals surface area contributed by atoms with Gasteiger partial charge in [-0.1, -0.05) is 6.07 Å². The van der Waals surface area contributed by atoms with Crippen molar-refractivity contribution in [1.29, 1.82) is 0 Å². The summed E-state index contributed by atoms with van der Waals surface area (Å²) < 4.78 is 52.1. The highest BCUT2D eigenvalue weighted by Gasteiger charge is 2.30. The van der Waals surface area contributed by atoms with E-state index in [1.165, 1.54) is 6.07 Å². The molecule has 0 spiro atoms. The van der Waals surface area contributed by atoms with Crippen molar-refractivity contribution < 1.29 is 17.2 Å². The Morgan fingerprint density at radius 2 is 2.00 bits per heavy atom. The number of benzene rings is 1. The first kappa shape index (κ1) is 17.3. The summed E-state index contributed by atoms with van der Waals surface area (Å²) in [5, 5.41) is -0.405. The minimum absolute atomic E-state index is 0.274. The zero-order chi connectivity index (χ0) is 16.3. The number of aryl methyl sites for hydroxylation is 1. The van der Waals surface area contributed by atoms with Crippen LogP contribution in [0.25, 0.3) is 0 Å². The zero-order valence-corrected chi connectivity index (χ0v) is 13.9. The van der Waals surface area contributed by atoms with Crippen LogP contribution in [0.4, 0.5) is 8.78 Å². The van der Waals surface area contributed by atoms with Crippen LogP contribution in [0, 0.1) is 17.6 Å². The van der Waals surface area contributed by atoms with Crippen molar-refractivity contribution >= 4 is 10.0 Å². The van der Waals surface area contributed by atoms with Gasteiger partial charge in [0.2, 0.25) is 10.0 Å². The summed E-state index contributed by atoms with van der Waals surface area (Å²) in [6, 6.07) is 3.95. The fraction of sp³-hybridized carbons (Fsp3) is 0.625. The van der Waals surface area contributed by atoms with Gasteiger partial charge in [0.25, 0.3) is 0 Å². The minimum Gasteiger partial charge on any atom is -0.212 e. The van der Waals surface area contributed by atoms with Gasteiger partial charge in [-0.3, -0.25) is 0 Å². The molecular formula is C16H23F2NO2S. The van der Waals surface area contributed by atoms with E-state index in [2.05, 4.69) is 0 Å². The van der Waals surface area contributed by atoms with Crippen LogP contribution in [-0.2, 0) is 16.4 Å². The molecule has 2 rings (SSSR count). The van der Waals surface area contributed by atoms with Crippen LogP contribution in [0.3, 0.4) is 0 Å². The van der Waals surface area contributed by atoms with Crippen molar-refractivity contribution in [1.82, 2.24) is 4.31 Å². The van der Waals surface area contributed by atoms with Crippen molar-refractivity contribution in [3.8, 4) is 0 Å². The molecule has 1 aliphatic rings. The van der Waals surface area contributed by atoms with Gasteiger partial charge in [-0.25, -0.2) is 21.5 Å². The lowest BCUT2D eigenvalue weighted by molar-refractivity contribution is 0.254. The first-order chi connectivity index (χ1) is 10.3. The number of nitrogens with zero attached hydrogens (tertiary/aromatic N) is 1. The van der Waals surface area contributed by atoms with Crippen molar-refractivity contribution in [3.05, 3.63) is 35.4 Å². The topological polar surface area (TPSA) is 37.4 Å². The van der Waals surface area contributed by atoms with E-state index in [0.717, 1.165) is 30.9 Å². The van der Waals surface area contributed by atoms with Crippen molar-refractivity contribution in [2.24, 2.45) is 5.92 Å². The molecule has 1 heterocycles. The number of sulfonamides is 1. The molecule has 0 saturated carbocycles. The maximum atomic E-state index is 13.2. The number of hydrogen-bond donors (Lipinski definition) is 0. The van der Waals surface area contributed by atoms with Gasteiger partial charge in [-0.05, 0) is 63.1 Å². The molecule has 0 aromatic heterocycles. The molecule has 1 aromatic rings. The highest BCUT2D eigenvalue weighted by Crippen LogP contribution is 2.25. The monoisotopic (exact) mass is 331 g/mol. The van der Waals surface area contributed by atoms with Crippen LogP contribution in [0.5, 0.6) is 0 Å². The van der Waals surface area contributed by atoms with Gasteiger partial charge < -0.3 is 0 Å². The maximum absolute atomic E-state index is 13.2. The molecule has 1 saturated heterocycles. The van der Waals surface area contributed by atoms with Gasteiger partial charge in [-0.2, -0.15) is 0 Å². The summed E-state index contributed by atoms with van der Waals surface area (Å²) in [5.41, 5.74) is 0.753. The van der Waals surface area contributed by atoms with Crippen molar-refractivity contribution in [2.45, 2.75) is 44.8 Å². The average Bonchev–Trinajstić information content (AvgIpc) is 2.48. The summed E-state index contributed by atoms with van der Waals surface area (Å²) >= 11 is 0. The standard InChI is InChI=1S/C16H23F2NO2S/c1-12(2)22(20,21)19-9-3-4-14(11-19)6-5-13-7-8-15(17)16(18)10-13/h7-8,10,12,14H,3-6,9,11H2,1-2H3/t14-/m0/s1. The second kappa shape index (κ2) is 7.04. The number of piperidine rings is 1. The van der Waals surface area contributed by atoms with Crippen molar-refractivity contribution in [2.75, 3.05) is 13.1 Å². The molecule has 0 bridgehead atoms. The van der Waals surface area contributed by atoms with E-state index in [9.17, 15) is 17.2 Å². The third kappa shape index (κ3) is 4.04. The lowest BCUT2D eigenvalue weighted by atomic mass is 9.93. The molecule has 1 aromatic carbocycles. The highest BCUT2D eigenvalue weighted by atomic mass is 32.2. The average molecular weight is 331 g/mol. The Kier molecular flexibility index (Phi) is 5.55. The number of halogens is 2. The van der Waals surface area contributed by atoms with Gasteiger partial charge >= 0.3 is 0 Å². The summed E-state index contributed by atoms with van der Waals surface area (Å²) in [6.45, 7) is 4.51. The molecular weight excluding hydrogens is 308 g/mol. The summed E-state index contributed by atoms with van der Waals surface area (Å²) in [5.74, 6) is -1.39. The lowest BCUT2D eigenvalue weighted by Gasteiger charge is -2.33. The molecule has 0 amide bonds. The van der Waals surface area contributed by atoms with Crippen molar-refractivity contribution in [3.63, 3.8) is 0 Å². The summed E-state index contributed by atoms with van der Waals surface area (Å²) in [7, 11) is -3.20. The molecule has 0 unspecified atom stereocenters. The van der Waals surface area contributed by atoms with E-state index in [-0.39, 0.29) is 5.92 Å². The summed E-state index contributed by atoms with van der Waals surface area (Å²) in [6.07, 6.45) is 3.26. The van der Waals surface area contributed by atoms with Crippen LogP contribution >= 0.6 is 0 Å². The predicted octanol–water partition coefficient (Wildman–Crippen LogP) is 3.35. The molecule has 1 aliphatic heterocycles. The van der Waals surface area contributed by atoms with Gasteiger partial charge in [0, 0.05) is 13.1 Å². The largest absolute Gasteiger partial charge is 0.216 e. The Bertz CT molecular complexity index is 617. The quantitative estimate of drug-likeness (QED) is 0.830. The van der Waals surface area contributed by atoms with Gasteiger partial charge in [-0.15, -0.1) is 0 Å². The fourth-order valence-corrected chi connectivity index (χ4v) is 4.26. The Balaban J connectivity index is 1.94. The second-order valence-electron chi connectivity index (χ2n) is 6.25. The van der Waals surface area contributed by atoms with E-state index < -0.39 is 26.9 Å². The molecule has 1 atom stereocenters. The van der Waals surface area contributed by atoms with Gasteiger partial charge in [0.1, 0.15) is 0 Å². The molecule has 6 heteroatoms. The lowest BCUT2D eigenvalue weighted by Crippen LogP contribution is -2.43. The smallest absolute Gasteiger partial charge is 0.212 e. The van der Waals surface area contributed by atoms with E-state index in [4.69, 9.17) is 0 Å². The van der Waals surface area contributed by atoms with Crippen LogP contribution in [-0.4, -0.2) is 31.1 Å². The molecule has 0 N–H and O–H groups in total. The molecule has 0 radical (unpaired) electrons. The molecule has 0 aliphatic carbocycles. The van der Waals surface area contributed by atoms with Crippen LogP contribution in [0.15, 0.2) is 18.2 Å². The van der Waals surface area contributed by atoms with Gasteiger partial charge in [0.05, 0.1) is 5.25 Å². The number of rotatable bonds is 5. The predicted molar refractivity (Wildman–Crippen MR) is 83.0 cm³/mol. The first-order valence-electron chi connectivity index (χ1n) is 7.73. The van der Waals surface area contributed by atoms with Crippen LogP contribution in [0.1, 0.15) is 38.7 Å². The van der Waals surface area contributed by atoms with E-state index in [1.54, 1.807) is 24.2 Å². The van der Waals surface area contributed by atoms with E-state index in [0.29, 0.717) is 19.5 Å². The van der Waals surface area contributed by atoms with Crippen LogP contribution in [0.2, 0.25) is 0 Å². The maximum Gasteiger partial charge on any atom is 0.216 e. The minimum atomic E-state index is -3.20. The van der Waals surface area contributed by atoms with Gasteiger partial charge in [0.15, 0.2) is 11.6 Å². The Morgan fingerprint density at radius 1 is 1.27 bits per heavy atom. The SMILES string of the molecule is CC(C)S(=O)(=O)N1CCC[C@@H](CCc2ccc(F)c(F)c2)C1. The zero-order valence-electron chi connectivity index (χ0n) is 13.1. The second-order valence-corrected chi connectivity index (χ2v) is 8.74. The van der Waals surface area contributed by atoms with Crippen LogP contribution < -0.4 is 0 Å². The fourth-order valence-electron chi connectivity index (χ4n) is 2.86. The highest BCUT2D eigenvalue weighted by molar-refractivity contribution is 7.89. The Hall–Kier alpha value is -1.01. The third-order valence-corrected chi connectivity index (χ3v) is 6.51. The third-order valence-electron chi connectivity index (χ3n) is 4.26. The molecule has 1 fully saturated rings. The van der Waals surface area contributed by atoms with E-state index in [1.807, 2.05) is 0 Å². The number of hydrogen-bond acceptors (Lipinski definition) is 2.